The van der Waals surface area contributed by atoms with Crippen LogP contribution >= 0.6 is 0 Å². The molecule has 2 aromatic rings. The first kappa shape index (κ1) is 16.7. The number of benzene rings is 1. The molecule has 0 saturated heterocycles. The van der Waals surface area contributed by atoms with Gasteiger partial charge in [0.1, 0.15) is 17.5 Å². The van der Waals surface area contributed by atoms with Gasteiger partial charge in [0.25, 0.3) is 5.91 Å². The number of methoxy groups -OCH3 is 1. The highest BCUT2D eigenvalue weighted by atomic mass is 19.1. The summed E-state index contributed by atoms with van der Waals surface area (Å²) in [6, 6.07) is 7.96. The highest BCUT2D eigenvalue weighted by Crippen LogP contribution is 2.26. The van der Waals surface area contributed by atoms with E-state index in [0.717, 1.165) is 12.3 Å². The lowest BCUT2D eigenvalue weighted by molar-refractivity contribution is 0.0922. The van der Waals surface area contributed by atoms with Crippen LogP contribution in [0, 0.1) is 11.8 Å². The van der Waals surface area contributed by atoms with Crippen LogP contribution < -0.4 is 14.8 Å². The van der Waals surface area contributed by atoms with Crippen LogP contribution in [0.3, 0.4) is 0 Å². The zero-order chi connectivity index (χ0) is 16.8. The number of nitrogens with zero attached hydrogens (tertiary/aromatic N) is 1. The molecular formula is C16H16F2N2O3. The van der Waals surface area contributed by atoms with Crippen LogP contribution in [0.1, 0.15) is 17.3 Å². The summed E-state index contributed by atoms with van der Waals surface area (Å²) in [4.78, 5) is 15.1. The van der Waals surface area contributed by atoms with Gasteiger partial charge in [0.15, 0.2) is 11.5 Å². The van der Waals surface area contributed by atoms with E-state index in [4.69, 9.17) is 9.47 Å². The molecule has 1 atom stereocenters. The second-order valence-corrected chi connectivity index (χ2v) is 4.75. The first-order chi connectivity index (χ1) is 11.0. The van der Waals surface area contributed by atoms with Crippen molar-refractivity contribution in [3.63, 3.8) is 0 Å². The molecule has 0 spiro atoms. The Kier molecular flexibility index (Phi) is 5.46. The van der Waals surface area contributed by atoms with Gasteiger partial charge in [0, 0.05) is 6.20 Å². The van der Waals surface area contributed by atoms with Crippen LogP contribution in [-0.4, -0.2) is 30.6 Å². The van der Waals surface area contributed by atoms with Gasteiger partial charge in [-0.15, -0.1) is 0 Å². The first-order valence-electron chi connectivity index (χ1n) is 6.90. The van der Waals surface area contributed by atoms with Crippen molar-refractivity contribution in [2.75, 3.05) is 13.7 Å². The maximum atomic E-state index is 13.5. The summed E-state index contributed by atoms with van der Waals surface area (Å²) in [6.07, 6.45) is 0.521. The number of rotatable bonds is 6. The molecule has 0 aliphatic rings. The van der Waals surface area contributed by atoms with Crippen molar-refractivity contribution >= 4 is 5.91 Å². The van der Waals surface area contributed by atoms with Crippen LogP contribution in [-0.2, 0) is 0 Å². The van der Waals surface area contributed by atoms with Crippen LogP contribution in [0.5, 0.6) is 11.5 Å². The Morgan fingerprint density at radius 3 is 2.61 bits per heavy atom. The van der Waals surface area contributed by atoms with Crippen LogP contribution in [0.2, 0.25) is 0 Å². The van der Waals surface area contributed by atoms with Gasteiger partial charge >= 0.3 is 0 Å². The summed E-state index contributed by atoms with van der Waals surface area (Å²) in [7, 11) is 1.52. The highest BCUT2D eigenvalue weighted by Gasteiger charge is 2.19. The number of hydrogen-bond donors (Lipinski definition) is 1. The Morgan fingerprint density at radius 2 is 1.96 bits per heavy atom. The van der Waals surface area contributed by atoms with Crippen molar-refractivity contribution in [3.05, 3.63) is 53.9 Å². The first-order valence-corrected chi connectivity index (χ1v) is 6.90. The summed E-state index contributed by atoms with van der Waals surface area (Å²) in [6.45, 7) is 1.77. The van der Waals surface area contributed by atoms with Gasteiger partial charge in [-0.25, -0.2) is 9.37 Å². The lowest BCUT2D eigenvalue weighted by Gasteiger charge is -2.17. The van der Waals surface area contributed by atoms with Crippen LogP contribution in [0.4, 0.5) is 8.78 Å². The highest BCUT2D eigenvalue weighted by molar-refractivity contribution is 5.94. The van der Waals surface area contributed by atoms with E-state index in [-0.39, 0.29) is 6.54 Å². The van der Waals surface area contributed by atoms with Crippen LogP contribution in [0.25, 0.3) is 0 Å². The fourth-order valence-corrected chi connectivity index (χ4v) is 1.92. The molecule has 1 N–H and O–H groups in total. The second-order valence-electron chi connectivity index (χ2n) is 4.75. The molecule has 0 aliphatic carbocycles. The fourth-order valence-electron chi connectivity index (χ4n) is 1.92. The van der Waals surface area contributed by atoms with E-state index in [0.29, 0.717) is 11.5 Å². The van der Waals surface area contributed by atoms with Crippen molar-refractivity contribution in [1.82, 2.24) is 10.3 Å². The third-order valence-electron chi connectivity index (χ3n) is 3.03. The number of halogens is 2. The predicted octanol–water partition coefficient (Wildman–Crippen LogP) is 2.57. The average Bonchev–Trinajstić information content (AvgIpc) is 2.53. The number of aromatic nitrogens is 1. The normalized spacial score (nSPS) is 11.7. The lowest BCUT2D eigenvalue weighted by atomic mass is 10.2. The molecule has 1 heterocycles. The number of amides is 1. The van der Waals surface area contributed by atoms with Crippen LogP contribution in [0.15, 0.2) is 36.5 Å². The fraction of sp³-hybridized carbons (Fsp3) is 0.250. The molecule has 2 rings (SSSR count). The van der Waals surface area contributed by atoms with E-state index in [2.05, 4.69) is 10.3 Å². The van der Waals surface area contributed by atoms with Crippen molar-refractivity contribution in [2.45, 2.75) is 13.0 Å². The van der Waals surface area contributed by atoms with Gasteiger partial charge < -0.3 is 14.8 Å². The third-order valence-corrected chi connectivity index (χ3v) is 3.03. The van der Waals surface area contributed by atoms with E-state index in [1.54, 1.807) is 31.2 Å². The second kappa shape index (κ2) is 7.53. The van der Waals surface area contributed by atoms with Crippen molar-refractivity contribution in [1.29, 1.82) is 0 Å². The molecule has 122 valence electrons. The zero-order valence-corrected chi connectivity index (χ0v) is 12.7. The molecule has 1 unspecified atom stereocenters. The minimum Gasteiger partial charge on any atom is -0.493 e. The number of carbonyl (C=O) groups is 1. The summed E-state index contributed by atoms with van der Waals surface area (Å²) >= 11 is 0. The Hall–Kier alpha value is -2.70. The summed E-state index contributed by atoms with van der Waals surface area (Å²) in [5.74, 6) is -1.94. The third kappa shape index (κ3) is 4.15. The lowest BCUT2D eigenvalue weighted by Crippen LogP contribution is -2.34. The predicted molar refractivity (Wildman–Crippen MR) is 79.6 cm³/mol. The Balaban J connectivity index is 1.96. The Morgan fingerprint density at radius 1 is 1.26 bits per heavy atom. The molecule has 0 radical (unpaired) electrons. The quantitative estimate of drug-likeness (QED) is 0.831. The summed E-state index contributed by atoms with van der Waals surface area (Å²) in [5.41, 5.74) is -0.711. The van der Waals surface area contributed by atoms with Crippen molar-refractivity contribution < 1.29 is 23.0 Å². The van der Waals surface area contributed by atoms with E-state index >= 15 is 0 Å². The molecule has 23 heavy (non-hydrogen) atoms. The molecule has 5 nitrogen and oxygen atoms in total. The maximum absolute atomic E-state index is 13.5. The zero-order valence-electron chi connectivity index (χ0n) is 12.7. The molecule has 0 bridgehead atoms. The number of nitrogens with one attached hydrogen (secondary N) is 1. The van der Waals surface area contributed by atoms with E-state index < -0.39 is 29.3 Å². The van der Waals surface area contributed by atoms with Gasteiger partial charge in [-0.2, -0.15) is 4.39 Å². The average molecular weight is 322 g/mol. The minimum atomic E-state index is -1.15. The summed E-state index contributed by atoms with van der Waals surface area (Å²) < 4.78 is 37.7. The smallest absolute Gasteiger partial charge is 0.259 e. The van der Waals surface area contributed by atoms with E-state index in [9.17, 15) is 13.6 Å². The van der Waals surface area contributed by atoms with Gasteiger partial charge in [-0.05, 0) is 25.1 Å². The number of carbonyl (C=O) groups excluding carboxylic acids is 1. The van der Waals surface area contributed by atoms with Crippen molar-refractivity contribution in [3.8, 4) is 11.5 Å². The molecule has 7 heteroatoms. The molecule has 1 aromatic carbocycles. The van der Waals surface area contributed by atoms with Gasteiger partial charge in [-0.1, -0.05) is 12.1 Å². The standard InChI is InChI=1S/C16H16F2N2O3/c1-10(23-13-6-4-3-5-12(13)22-2)9-20-16(21)14-11(17)7-8-19-15(14)18/h3-8,10H,9H2,1-2H3,(H,20,21). The van der Waals surface area contributed by atoms with Crippen molar-refractivity contribution in [2.24, 2.45) is 0 Å². The number of pyridine rings is 1. The maximum Gasteiger partial charge on any atom is 0.259 e. The molecule has 1 amide bonds. The minimum absolute atomic E-state index is 0.0602. The number of hydrogen-bond acceptors (Lipinski definition) is 4. The SMILES string of the molecule is COc1ccccc1OC(C)CNC(=O)c1c(F)ccnc1F. The van der Waals surface area contributed by atoms with Gasteiger partial charge in [0.2, 0.25) is 5.95 Å². The molecule has 0 saturated carbocycles. The largest absolute Gasteiger partial charge is 0.493 e. The Labute approximate surface area is 132 Å². The topological polar surface area (TPSA) is 60.5 Å². The molecular weight excluding hydrogens is 306 g/mol. The molecule has 0 fully saturated rings. The van der Waals surface area contributed by atoms with Gasteiger partial charge in [0.05, 0.1) is 13.7 Å². The molecule has 0 aliphatic heterocycles. The molecule has 1 aromatic heterocycles. The van der Waals surface area contributed by atoms with Gasteiger partial charge in [-0.3, -0.25) is 4.79 Å². The van der Waals surface area contributed by atoms with E-state index in [1.807, 2.05) is 0 Å². The number of ether oxygens (including phenoxy) is 2. The van der Waals surface area contributed by atoms with E-state index in [1.165, 1.54) is 7.11 Å². The summed E-state index contributed by atoms with van der Waals surface area (Å²) in [5, 5.41) is 2.41. The number of para-hydroxylation sites is 2. The monoisotopic (exact) mass is 322 g/mol. The Bertz CT molecular complexity index is 675.